The van der Waals surface area contributed by atoms with Gasteiger partial charge in [-0.15, -0.1) is 0 Å². The lowest BCUT2D eigenvalue weighted by atomic mass is 9.85. The van der Waals surface area contributed by atoms with Crippen LogP contribution in [0.1, 0.15) is 45.4 Å². The van der Waals surface area contributed by atoms with Crippen LogP contribution < -0.4 is 10.6 Å². The number of rotatable bonds is 6. The maximum Gasteiger partial charge on any atom is 0.315 e. The Morgan fingerprint density at radius 2 is 1.89 bits per heavy atom. The van der Waals surface area contributed by atoms with Crippen molar-refractivity contribution < 1.29 is 13.2 Å². The molecule has 1 saturated carbocycles. The van der Waals surface area contributed by atoms with Crippen molar-refractivity contribution in [3.63, 3.8) is 0 Å². The predicted octanol–water partition coefficient (Wildman–Crippen LogP) is 1.69. The summed E-state index contributed by atoms with van der Waals surface area (Å²) < 4.78 is 21.9. The van der Waals surface area contributed by atoms with Crippen LogP contribution in [-0.4, -0.2) is 39.0 Å². The summed E-state index contributed by atoms with van der Waals surface area (Å²) in [6, 6.07) is 0.00165. The summed E-state index contributed by atoms with van der Waals surface area (Å²) in [6.07, 6.45) is 7.87. The monoisotopic (exact) mass is 290 g/mol. The molecule has 2 N–H and O–H groups in total. The van der Waals surface area contributed by atoms with Gasteiger partial charge in [0.15, 0.2) is 0 Å². The molecular formula is C13H26N2O3S. The number of carbonyl (C=O) groups excluding carboxylic acids is 1. The van der Waals surface area contributed by atoms with E-state index in [1.807, 2.05) is 6.92 Å². The summed E-state index contributed by atoms with van der Waals surface area (Å²) in [5.41, 5.74) is 0. The fourth-order valence-corrected chi connectivity index (χ4v) is 3.21. The standard InChI is InChI=1S/C13H26N2O3S/c1-11(12-7-4-3-5-8-12)15-13(16)14-9-6-10-19(2,17)18/h11-12H,3-10H2,1-2H3,(H2,14,15,16)/t11-/m1/s1. The van der Waals surface area contributed by atoms with Crippen LogP contribution in [0.25, 0.3) is 0 Å². The largest absolute Gasteiger partial charge is 0.338 e. The highest BCUT2D eigenvalue weighted by atomic mass is 32.2. The quantitative estimate of drug-likeness (QED) is 0.731. The first-order chi connectivity index (χ1) is 8.88. The third-order valence-electron chi connectivity index (χ3n) is 3.69. The number of nitrogens with one attached hydrogen (secondary N) is 2. The third-order valence-corrected chi connectivity index (χ3v) is 4.72. The van der Waals surface area contributed by atoms with E-state index >= 15 is 0 Å². The van der Waals surface area contributed by atoms with Crippen LogP contribution >= 0.6 is 0 Å². The first-order valence-electron chi connectivity index (χ1n) is 7.10. The zero-order valence-electron chi connectivity index (χ0n) is 11.9. The van der Waals surface area contributed by atoms with E-state index in [0.717, 1.165) is 0 Å². The van der Waals surface area contributed by atoms with Gasteiger partial charge in [-0.2, -0.15) is 0 Å². The molecule has 0 spiro atoms. The molecule has 1 aliphatic rings. The molecule has 0 radical (unpaired) electrons. The molecule has 0 aromatic heterocycles. The average molecular weight is 290 g/mol. The van der Waals surface area contributed by atoms with Crippen molar-refractivity contribution in [1.29, 1.82) is 0 Å². The fourth-order valence-electron chi connectivity index (χ4n) is 2.55. The first-order valence-corrected chi connectivity index (χ1v) is 9.16. The van der Waals surface area contributed by atoms with E-state index in [0.29, 0.717) is 18.9 Å². The van der Waals surface area contributed by atoms with Gasteiger partial charge in [-0.3, -0.25) is 0 Å². The number of carbonyl (C=O) groups is 1. The second-order valence-corrected chi connectivity index (χ2v) is 7.83. The van der Waals surface area contributed by atoms with Crippen molar-refractivity contribution in [3.05, 3.63) is 0 Å². The average Bonchev–Trinajstić information content (AvgIpc) is 2.34. The molecule has 1 atom stereocenters. The maximum absolute atomic E-state index is 11.6. The Bertz CT molecular complexity index is 375. The van der Waals surface area contributed by atoms with E-state index in [1.165, 1.54) is 38.4 Å². The van der Waals surface area contributed by atoms with Crippen LogP contribution in [0.4, 0.5) is 4.79 Å². The molecule has 1 rings (SSSR count). The van der Waals surface area contributed by atoms with Gasteiger partial charge in [0.2, 0.25) is 0 Å². The van der Waals surface area contributed by atoms with Gasteiger partial charge >= 0.3 is 6.03 Å². The Morgan fingerprint density at radius 3 is 2.47 bits per heavy atom. The molecule has 0 heterocycles. The number of hydrogen-bond acceptors (Lipinski definition) is 3. The normalized spacial score (nSPS) is 18.8. The van der Waals surface area contributed by atoms with Crippen molar-refractivity contribution in [1.82, 2.24) is 10.6 Å². The fraction of sp³-hybridized carbons (Fsp3) is 0.923. The molecule has 0 bridgehead atoms. The van der Waals surface area contributed by atoms with Crippen molar-refractivity contribution in [2.45, 2.75) is 51.5 Å². The molecule has 2 amide bonds. The molecule has 0 aromatic rings. The highest BCUT2D eigenvalue weighted by Gasteiger charge is 2.21. The van der Waals surface area contributed by atoms with Gasteiger partial charge in [0.1, 0.15) is 9.84 Å². The Morgan fingerprint density at radius 1 is 1.26 bits per heavy atom. The second-order valence-electron chi connectivity index (χ2n) is 5.57. The molecular weight excluding hydrogens is 264 g/mol. The highest BCUT2D eigenvalue weighted by Crippen LogP contribution is 2.26. The van der Waals surface area contributed by atoms with Crippen molar-refractivity contribution in [2.24, 2.45) is 5.92 Å². The van der Waals surface area contributed by atoms with Crippen LogP contribution in [0.15, 0.2) is 0 Å². The molecule has 0 saturated heterocycles. The van der Waals surface area contributed by atoms with Crippen molar-refractivity contribution >= 4 is 15.9 Å². The Balaban J connectivity index is 2.16. The molecule has 0 aliphatic heterocycles. The molecule has 1 aliphatic carbocycles. The predicted molar refractivity (Wildman–Crippen MR) is 76.9 cm³/mol. The molecule has 1 fully saturated rings. The van der Waals surface area contributed by atoms with Crippen LogP contribution in [0, 0.1) is 5.92 Å². The van der Waals surface area contributed by atoms with Gasteiger partial charge in [-0.1, -0.05) is 19.3 Å². The smallest absolute Gasteiger partial charge is 0.315 e. The minimum Gasteiger partial charge on any atom is -0.338 e. The van der Waals surface area contributed by atoms with Crippen LogP contribution in [0.5, 0.6) is 0 Å². The van der Waals surface area contributed by atoms with E-state index in [2.05, 4.69) is 10.6 Å². The lowest BCUT2D eigenvalue weighted by molar-refractivity contribution is 0.225. The number of sulfone groups is 1. The lowest BCUT2D eigenvalue weighted by Crippen LogP contribution is -2.44. The molecule has 0 aromatic carbocycles. The highest BCUT2D eigenvalue weighted by molar-refractivity contribution is 7.90. The molecule has 19 heavy (non-hydrogen) atoms. The Labute approximate surface area is 116 Å². The number of amides is 2. The molecule has 6 heteroatoms. The van der Waals surface area contributed by atoms with E-state index in [1.54, 1.807) is 0 Å². The summed E-state index contributed by atoms with van der Waals surface area (Å²) in [7, 11) is -2.93. The summed E-state index contributed by atoms with van der Waals surface area (Å²) in [6.45, 7) is 2.45. The van der Waals surface area contributed by atoms with Gasteiger partial charge in [-0.25, -0.2) is 13.2 Å². The maximum atomic E-state index is 11.6. The Kier molecular flexibility index (Phi) is 6.62. The van der Waals surface area contributed by atoms with E-state index in [9.17, 15) is 13.2 Å². The summed E-state index contributed by atoms with van der Waals surface area (Å²) in [4.78, 5) is 11.6. The number of urea groups is 1. The second kappa shape index (κ2) is 7.72. The van der Waals surface area contributed by atoms with Gasteiger partial charge in [0.25, 0.3) is 0 Å². The van der Waals surface area contributed by atoms with Crippen LogP contribution in [-0.2, 0) is 9.84 Å². The third kappa shape index (κ3) is 7.40. The van der Waals surface area contributed by atoms with Crippen molar-refractivity contribution in [3.8, 4) is 0 Å². The van der Waals surface area contributed by atoms with Crippen LogP contribution in [0.2, 0.25) is 0 Å². The molecule has 5 nitrogen and oxygen atoms in total. The van der Waals surface area contributed by atoms with Crippen molar-refractivity contribution in [2.75, 3.05) is 18.6 Å². The number of hydrogen-bond donors (Lipinski definition) is 2. The van der Waals surface area contributed by atoms with E-state index in [-0.39, 0.29) is 17.8 Å². The van der Waals surface area contributed by atoms with Gasteiger partial charge in [0.05, 0.1) is 5.75 Å². The summed E-state index contributed by atoms with van der Waals surface area (Å²) in [5.74, 6) is 0.696. The lowest BCUT2D eigenvalue weighted by Gasteiger charge is -2.28. The summed E-state index contributed by atoms with van der Waals surface area (Å²) in [5, 5.41) is 5.66. The first kappa shape index (κ1) is 16.3. The Hall–Kier alpha value is -0.780. The minimum absolute atomic E-state index is 0.117. The molecule has 112 valence electrons. The topological polar surface area (TPSA) is 75.3 Å². The van der Waals surface area contributed by atoms with E-state index < -0.39 is 9.84 Å². The van der Waals surface area contributed by atoms with Gasteiger partial charge in [-0.05, 0) is 32.1 Å². The van der Waals surface area contributed by atoms with E-state index in [4.69, 9.17) is 0 Å². The van der Waals surface area contributed by atoms with Gasteiger partial charge < -0.3 is 10.6 Å². The SMILES string of the molecule is C[C@@H](NC(=O)NCCCS(C)(=O)=O)C1CCCCC1. The minimum atomic E-state index is -2.93. The molecule has 0 unspecified atom stereocenters. The van der Waals surface area contributed by atoms with Gasteiger partial charge in [0, 0.05) is 18.8 Å². The zero-order valence-corrected chi connectivity index (χ0v) is 12.8. The van der Waals surface area contributed by atoms with Crippen LogP contribution in [0.3, 0.4) is 0 Å². The summed E-state index contributed by atoms with van der Waals surface area (Å²) >= 11 is 0. The zero-order chi connectivity index (χ0) is 14.3.